The van der Waals surface area contributed by atoms with Crippen molar-refractivity contribution in [2.75, 3.05) is 18.6 Å². The maximum atomic E-state index is 5.90. The standard InChI is InChI=1S/C14H21NOS/c1-14(2)15(13(10-16-14)11-17-3)9-12-7-5-4-6-8-12/h4-8,13H,9-11H2,1-3H3/t13-/m1/s1. The van der Waals surface area contributed by atoms with Crippen molar-refractivity contribution in [2.45, 2.75) is 32.2 Å². The Bertz CT molecular complexity index is 352. The molecule has 1 atom stereocenters. The average molecular weight is 251 g/mol. The van der Waals surface area contributed by atoms with Crippen molar-refractivity contribution in [3.05, 3.63) is 35.9 Å². The van der Waals surface area contributed by atoms with Crippen LogP contribution >= 0.6 is 11.8 Å². The van der Waals surface area contributed by atoms with E-state index in [4.69, 9.17) is 4.74 Å². The fourth-order valence-corrected chi connectivity index (χ4v) is 3.00. The molecule has 2 nitrogen and oxygen atoms in total. The predicted octanol–water partition coefficient (Wildman–Crippen LogP) is 2.99. The van der Waals surface area contributed by atoms with Crippen molar-refractivity contribution in [1.29, 1.82) is 0 Å². The maximum Gasteiger partial charge on any atom is 0.116 e. The van der Waals surface area contributed by atoms with Crippen molar-refractivity contribution in [1.82, 2.24) is 4.90 Å². The second-order valence-corrected chi connectivity index (χ2v) is 5.89. The van der Waals surface area contributed by atoms with Gasteiger partial charge in [-0.3, -0.25) is 4.90 Å². The summed E-state index contributed by atoms with van der Waals surface area (Å²) in [5.41, 5.74) is 1.22. The molecule has 1 heterocycles. The zero-order valence-corrected chi connectivity index (χ0v) is 11.7. The van der Waals surface area contributed by atoms with E-state index in [9.17, 15) is 0 Å². The van der Waals surface area contributed by atoms with E-state index in [0.29, 0.717) is 6.04 Å². The summed E-state index contributed by atoms with van der Waals surface area (Å²) in [6, 6.07) is 11.2. The van der Waals surface area contributed by atoms with Crippen LogP contribution in [0.1, 0.15) is 19.4 Å². The molecule has 94 valence electrons. The highest BCUT2D eigenvalue weighted by atomic mass is 32.2. The van der Waals surface area contributed by atoms with Crippen LogP contribution in [0.5, 0.6) is 0 Å². The highest BCUT2D eigenvalue weighted by molar-refractivity contribution is 7.98. The number of hydrogen-bond acceptors (Lipinski definition) is 3. The Hall–Kier alpha value is -0.510. The lowest BCUT2D eigenvalue weighted by atomic mass is 10.1. The first-order valence-electron chi connectivity index (χ1n) is 6.07. The van der Waals surface area contributed by atoms with Gasteiger partial charge in [-0.25, -0.2) is 0 Å². The van der Waals surface area contributed by atoms with Crippen LogP contribution in [0.4, 0.5) is 0 Å². The third-order valence-electron chi connectivity index (χ3n) is 3.32. The lowest BCUT2D eigenvalue weighted by Gasteiger charge is -2.33. The van der Waals surface area contributed by atoms with Gasteiger partial charge in [-0.15, -0.1) is 0 Å². The molecular formula is C14H21NOS. The summed E-state index contributed by atoms with van der Waals surface area (Å²) in [6.07, 6.45) is 2.16. The van der Waals surface area contributed by atoms with E-state index in [-0.39, 0.29) is 5.72 Å². The monoisotopic (exact) mass is 251 g/mol. The van der Waals surface area contributed by atoms with Crippen LogP contribution in [0.3, 0.4) is 0 Å². The minimum Gasteiger partial charge on any atom is -0.359 e. The first-order valence-corrected chi connectivity index (χ1v) is 7.46. The molecule has 17 heavy (non-hydrogen) atoms. The van der Waals surface area contributed by atoms with E-state index in [1.165, 1.54) is 5.56 Å². The van der Waals surface area contributed by atoms with Crippen LogP contribution in [-0.2, 0) is 11.3 Å². The van der Waals surface area contributed by atoms with Gasteiger partial charge in [-0.05, 0) is 25.7 Å². The van der Waals surface area contributed by atoms with Crippen LogP contribution < -0.4 is 0 Å². The third-order valence-corrected chi connectivity index (χ3v) is 4.03. The molecule has 0 unspecified atom stereocenters. The Kier molecular flexibility index (Phi) is 4.13. The van der Waals surface area contributed by atoms with Crippen molar-refractivity contribution < 1.29 is 4.74 Å². The van der Waals surface area contributed by atoms with Gasteiger partial charge in [0.15, 0.2) is 0 Å². The zero-order valence-electron chi connectivity index (χ0n) is 10.8. The topological polar surface area (TPSA) is 12.5 Å². The van der Waals surface area contributed by atoms with Crippen LogP contribution in [-0.4, -0.2) is 35.3 Å². The molecule has 1 aromatic rings. The Labute approximate surface area is 108 Å². The van der Waals surface area contributed by atoms with Crippen LogP contribution in [0, 0.1) is 0 Å². The highest BCUT2D eigenvalue weighted by Gasteiger charge is 2.39. The number of rotatable bonds is 4. The molecule has 1 fully saturated rings. The van der Waals surface area contributed by atoms with E-state index in [1.54, 1.807) is 0 Å². The second-order valence-electron chi connectivity index (χ2n) is 4.98. The fourth-order valence-electron chi connectivity index (χ4n) is 2.34. The molecule has 0 spiro atoms. The largest absolute Gasteiger partial charge is 0.359 e. The van der Waals surface area contributed by atoms with Gasteiger partial charge in [0, 0.05) is 18.3 Å². The number of thioether (sulfide) groups is 1. The number of benzene rings is 1. The maximum absolute atomic E-state index is 5.90. The average Bonchev–Trinajstić information content (AvgIpc) is 2.59. The molecular weight excluding hydrogens is 230 g/mol. The minimum atomic E-state index is -0.143. The number of hydrogen-bond donors (Lipinski definition) is 0. The van der Waals surface area contributed by atoms with Gasteiger partial charge in [-0.2, -0.15) is 11.8 Å². The van der Waals surface area contributed by atoms with E-state index in [1.807, 2.05) is 11.8 Å². The van der Waals surface area contributed by atoms with Gasteiger partial charge in [0.05, 0.1) is 6.61 Å². The first kappa shape index (κ1) is 12.9. The van der Waals surface area contributed by atoms with Crippen molar-refractivity contribution in [2.24, 2.45) is 0 Å². The van der Waals surface area contributed by atoms with Gasteiger partial charge in [0.25, 0.3) is 0 Å². The second kappa shape index (κ2) is 5.42. The van der Waals surface area contributed by atoms with Gasteiger partial charge < -0.3 is 4.74 Å². The van der Waals surface area contributed by atoms with Crippen LogP contribution in [0.2, 0.25) is 0 Å². The molecule has 0 radical (unpaired) electrons. The SMILES string of the molecule is CSC[C@H]1COC(C)(C)N1Cc1ccccc1. The molecule has 0 N–H and O–H groups in total. The zero-order chi connectivity index (χ0) is 12.3. The van der Waals surface area contributed by atoms with Crippen molar-refractivity contribution >= 4 is 11.8 Å². The summed E-state index contributed by atoms with van der Waals surface area (Å²) in [5.74, 6) is 1.14. The molecule has 0 saturated carbocycles. The van der Waals surface area contributed by atoms with Gasteiger partial charge in [0.2, 0.25) is 0 Å². The van der Waals surface area contributed by atoms with Crippen LogP contribution in [0.25, 0.3) is 0 Å². The highest BCUT2D eigenvalue weighted by Crippen LogP contribution is 2.30. The Morgan fingerprint density at radius 3 is 2.71 bits per heavy atom. The third kappa shape index (κ3) is 3.03. The summed E-state index contributed by atoms with van der Waals surface area (Å²) in [5, 5.41) is 0. The smallest absolute Gasteiger partial charge is 0.116 e. The Morgan fingerprint density at radius 1 is 1.35 bits per heavy atom. The molecule has 3 heteroatoms. The summed E-state index contributed by atoms with van der Waals surface area (Å²) in [6.45, 7) is 6.15. The molecule has 1 aliphatic rings. The molecule has 2 rings (SSSR count). The fraction of sp³-hybridized carbons (Fsp3) is 0.571. The number of nitrogens with zero attached hydrogens (tertiary/aromatic N) is 1. The lowest BCUT2D eigenvalue weighted by Crippen LogP contribution is -2.44. The molecule has 1 aromatic carbocycles. The van der Waals surface area contributed by atoms with E-state index >= 15 is 0 Å². The minimum absolute atomic E-state index is 0.143. The predicted molar refractivity (Wildman–Crippen MR) is 74.2 cm³/mol. The molecule has 0 bridgehead atoms. The van der Waals surface area contributed by atoms with E-state index in [2.05, 4.69) is 55.3 Å². The molecule has 1 aliphatic heterocycles. The molecule has 1 saturated heterocycles. The van der Waals surface area contributed by atoms with E-state index in [0.717, 1.165) is 18.9 Å². The van der Waals surface area contributed by atoms with Gasteiger partial charge in [-0.1, -0.05) is 30.3 Å². The molecule has 0 amide bonds. The van der Waals surface area contributed by atoms with E-state index < -0.39 is 0 Å². The van der Waals surface area contributed by atoms with Crippen molar-refractivity contribution in [3.8, 4) is 0 Å². The quantitative estimate of drug-likeness (QED) is 0.816. The Balaban J connectivity index is 2.10. The summed E-state index contributed by atoms with van der Waals surface area (Å²) in [7, 11) is 0. The Morgan fingerprint density at radius 2 is 2.06 bits per heavy atom. The number of ether oxygens (including phenoxy) is 1. The lowest BCUT2D eigenvalue weighted by molar-refractivity contribution is -0.0567. The first-order chi connectivity index (χ1) is 8.13. The summed E-state index contributed by atoms with van der Waals surface area (Å²) < 4.78 is 5.90. The summed E-state index contributed by atoms with van der Waals surface area (Å²) in [4.78, 5) is 2.47. The van der Waals surface area contributed by atoms with Crippen molar-refractivity contribution in [3.63, 3.8) is 0 Å². The van der Waals surface area contributed by atoms with Gasteiger partial charge in [0.1, 0.15) is 5.72 Å². The van der Waals surface area contributed by atoms with Crippen LogP contribution in [0.15, 0.2) is 30.3 Å². The molecule has 0 aromatic heterocycles. The summed E-state index contributed by atoms with van der Waals surface area (Å²) >= 11 is 1.89. The molecule has 0 aliphatic carbocycles. The van der Waals surface area contributed by atoms with Gasteiger partial charge >= 0.3 is 0 Å². The normalized spacial score (nSPS) is 24.1.